The summed E-state index contributed by atoms with van der Waals surface area (Å²) in [7, 11) is 2.18. The molecule has 2 N–H and O–H groups in total. The van der Waals surface area contributed by atoms with Crippen LogP contribution in [0.3, 0.4) is 0 Å². The Hall–Kier alpha value is -1.35. The van der Waals surface area contributed by atoms with E-state index in [-0.39, 0.29) is 29.9 Å². The first-order chi connectivity index (χ1) is 14.5. The molecular formula is C24H42IN5O. The lowest BCUT2D eigenvalue weighted by Gasteiger charge is -2.20. The van der Waals surface area contributed by atoms with Gasteiger partial charge in [-0.25, -0.2) is 0 Å². The van der Waals surface area contributed by atoms with Crippen LogP contribution in [-0.2, 0) is 11.2 Å². The number of unbranched alkanes of at least 4 members (excludes halogenated alkanes) is 1. The van der Waals surface area contributed by atoms with E-state index in [1.165, 1.54) is 12.0 Å². The number of nitrogens with one attached hydrogen (secondary N) is 2. The van der Waals surface area contributed by atoms with Crippen LogP contribution in [0.5, 0.6) is 0 Å². The lowest BCUT2D eigenvalue weighted by atomic mass is 10.1. The molecule has 7 heteroatoms. The van der Waals surface area contributed by atoms with E-state index < -0.39 is 0 Å². The number of carbonyl (C=O) groups is 1. The Labute approximate surface area is 206 Å². The Bertz CT molecular complexity index is 653. The van der Waals surface area contributed by atoms with Crippen molar-refractivity contribution in [2.24, 2.45) is 10.9 Å². The second kappa shape index (κ2) is 15.5. The van der Waals surface area contributed by atoms with Gasteiger partial charge in [-0.3, -0.25) is 9.79 Å². The van der Waals surface area contributed by atoms with Crippen LogP contribution in [0, 0.1) is 5.92 Å². The zero-order valence-electron chi connectivity index (χ0n) is 19.8. The lowest BCUT2D eigenvalue weighted by molar-refractivity contribution is -0.127. The molecule has 1 aromatic carbocycles. The van der Waals surface area contributed by atoms with Gasteiger partial charge in [0.15, 0.2) is 5.96 Å². The number of likely N-dealkylation sites (tertiary alicyclic amines) is 1. The molecule has 1 aliphatic heterocycles. The number of hydrogen-bond acceptors (Lipinski definition) is 3. The average molecular weight is 544 g/mol. The summed E-state index contributed by atoms with van der Waals surface area (Å²) in [4.78, 5) is 21.5. The fourth-order valence-electron chi connectivity index (χ4n) is 3.61. The molecule has 1 saturated heterocycles. The molecule has 1 fully saturated rings. The molecule has 0 bridgehead atoms. The lowest BCUT2D eigenvalue weighted by Crippen LogP contribution is -2.38. The third kappa shape index (κ3) is 10.7. The van der Waals surface area contributed by atoms with Crippen molar-refractivity contribution in [3.8, 4) is 0 Å². The molecule has 0 saturated carbocycles. The fraction of sp³-hybridized carbons (Fsp3) is 0.667. The maximum atomic E-state index is 12.4. The van der Waals surface area contributed by atoms with Gasteiger partial charge in [0, 0.05) is 51.1 Å². The Morgan fingerprint density at radius 1 is 1.23 bits per heavy atom. The minimum absolute atomic E-state index is 0. The first-order valence-corrected chi connectivity index (χ1v) is 11.5. The molecular weight excluding hydrogens is 501 g/mol. The number of guanidine groups is 1. The minimum Gasteiger partial charge on any atom is -0.357 e. The van der Waals surface area contributed by atoms with Crippen LogP contribution in [0.2, 0.25) is 0 Å². The first kappa shape index (κ1) is 27.7. The van der Waals surface area contributed by atoms with Gasteiger partial charge in [-0.05, 0) is 59.2 Å². The number of nitrogens with zero attached hydrogens (tertiary/aromatic N) is 3. The van der Waals surface area contributed by atoms with Gasteiger partial charge in [0.25, 0.3) is 0 Å². The van der Waals surface area contributed by atoms with Crippen LogP contribution in [-0.4, -0.2) is 74.0 Å². The highest BCUT2D eigenvalue weighted by Gasteiger charge is 2.28. The van der Waals surface area contributed by atoms with E-state index in [2.05, 4.69) is 67.6 Å². The van der Waals surface area contributed by atoms with Gasteiger partial charge in [0.05, 0.1) is 0 Å². The van der Waals surface area contributed by atoms with Crippen molar-refractivity contribution < 1.29 is 4.79 Å². The monoisotopic (exact) mass is 543 g/mol. The second-order valence-electron chi connectivity index (χ2n) is 8.57. The van der Waals surface area contributed by atoms with E-state index in [0.717, 1.165) is 51.5 Å². The predicted molar refractivity (Wildman–Crippen MR) is 141 cm³/mol. The molecule has 1 unspecified atom stereocenters. The van der Waals surface area contributed by atoms with Crippen LogP contribution in [0.25, 0.3) is 0 Å². The van der Waals surface area contributed by atoms with Gasteiger partial charge in [0.1, 0.15) is 0 Å². The number of benzene rings is 1. The molecule has 2 rings (SSSR count). The summed E-state index contributed by atoms with van der Waals surface area (Å²) >= 11 is 0. The first-order valence-electron chi connectivity index (χ1n) is 11.5. The highest BCUT2D eigenvalue weighted by Crippen LogP contribution is 2.18. The Kier molecular flexibility index (Phi) is 13.8. The number of aliphatic imine (C=N–C) groups is 1. The highest BCUT2D eigenvalue weighted by molar-refractivity contribution is 14.0. The van der Waals surface area contributed by atoms with Gasteiger partial charge in [-0.15, -0.1) is 24.0 Å². The molecule has 0 radical (unpaired) electrons. The van der Waals surface area contributed by atoms with Crippen LogP contribution < -0.4 is 10.6 Å². The number of rotatable bonds is 12. The summed E-state index contributed by atoms with van der Waals surface area (Å²) in [6.45, 7) is 11.7. The quantitative estimate of drug-likeness (QED) is 0.184. The molecule has 1 heterocycles. The summed E-state index contributed by atoms with van der Waals surface area (Å²) in [5, 5.41) is 6.76. The molecule has 0 spiro atoms. The van der Waals surface area contributed by atoms with E-state index in [4.69, 9.17) is 4.99 Å². The van der Waals surface area contributed by atoms with Crippen molar-refractivity contribution in [1.29, 1.82) is 0 Å². The zero-order chi connectivity index (χ0) is 21.8. The van der Waals surface area contributed by atoms with Crippen molar-refractivity contribution in [3.05, 3.63) is 35.9 Å². The van der Waals surface area contributed by atoms with E-state index >= 15 is 0 Å². The average Bonchev–Trinajstić information content (AvgIpc) is 3.10. The van der Waals surface area contributed by atoms with Gasteiger partial charge >= 0.3 is 0 Å². The molecule has 1 aliphatic rings. The van der Waals surface area contributed by atoms with Gasteiger partial charge in [0.2, 0.25) is 5.91 Å². The van der Waals surface area contributed by atoms with Gasteiger partial charge < -0.3 is 20.4 Å². The molecule has 1 aromatic rings. The van der Waals surface area contributed by atoms with Crippen molar-refractivity contribution in [1.82, 2.24) is 20.4 Å². The smallest absolute Gasteiger partial charge is 0.223 e. The van der Waals surface area contributed by atoms with Crippen molar-refractivity contribution >= 4 is 35.8 Å². The van der Waals surface area contributed by atoms with E-state index in [0.29, 0.717) is 24.9 Å². The number of carbonyl (C=O) groups excluding carboxylic acids is 1. The van der Waals surface area contributed by atoms with E-state index in [1.54, 1.807) is 0 Å². The molecule has 0 aromatic heterocycles. The second-order valence-corrected chi connectivity index (χ2v) is 8.57. The van der Waals surface area contributed by atoms with Crippen LogP contribution in [0.15, 0.2) is 35.3 Å². The fourth-order valence-corrected chi connectivity index (χ4v) is 3.61. The molecule has 31 heavy (non-hydrogen) atoms. The van der Waals surface area contributed by atoms with Crippen LogP contribution >= 0.6 is 24.0 Å². The topological polar surface area (TPSA) is 60.0 Å². The third-order valence-corrected chi connectivity index (χ3v) is 5.77. The molecule has 1 atom stereocenters. The standard InChI is InChI=1S/C24H41N5O.HI/c1-5-25-24(26-14-9-10-15-28(4)20(2)3)27-18-22-17-23(30)29(19-22)16-13-21-11-7-6-8-12-21;/h6-8,11-12,20,22H,5,9-10,13-19H2,1-4H3,(H2,25,26,27);1H. The SMILES string of the molecule is CCNC(=NCC1CC(=O)N(CCc2ccccc2)C1)NCCCCN(C)C(C)C.I. The van der Waals surface area contributed by atoms with E-state index in [9.17, 15) is 4.79 Å². The summed E-state index contributed by atoms with van der Waals surface area (Å²) in [5.74, 6) is 1.44. The van der Waals surface area contributed by atoms with Crippen LogP contribution in [0.1, 0.15) is 45.6 Å². The Balaban J connectivity index is 0.00000480. The number of hydrogen-bond donors (Lipinski definition) is 2. The predicted octanol–water partition coefficient (Wildman–Crippen LogP) is 3.37. The Morgan fingerprint density at radius 2 is 1.97 bits per heavy atom. The van der Waals surface area contributed by atoms with Crippen molar-refractivity contribution in [3.63, 3.8) is 0 Å². The number of halogens is 1. The summed E-state index contributed by atoms with van der Waals surface area (Å²) in [6.07, 6.45) is 3.82. The summed E-state index contributed by atoms with van der Waals surface area (Å²) in [5.41, 5.74) is 1.28. The summed E-state index contributed by atoms with van der Waals surface area (Å²) < 4.78 is 0. The maximum Gasteiger partial charge on any atom is 0.223 e. The third-order valence-electron chi connectivity index (χ3n) is 5.77. The largest absolute Gasteiger partial charge is 0.357 e. The molecule has 6 nitrogen and oxygen atoms in total. The zero-order valence-corrected chi connectivity index (χ0v) is 22.1. The molecule has 0 aliphatic carbocycles. The summed E-state index contributed by atoms with van der Waals surface area (Å²) in [6, 6.07) is 11.0. The van der Waals surface area contributed by atoms with Crippen LogP contribution in [0.4, 0.5) is 0 Å². The van der Waals surface area contributed by atoms with Gasteiger partial charge in [-0.1, -0.05) is 30.3 Å². The highest BCUT2D eigenvalue weighted by atomic mass is 127. The van der Waals surface area contributed by atoms with E-state index in [1.807, 2.05) is 11.0 Å². The maximum absolute atomic E-state index is 12.4. The number of amides is 1. The van der Waals surface area contributed by atoms with Gasteiger partial charge in [-0.2, -0.15) is 0 Å². The van der Waals surface area contributed by atoms with Crippen molar-refractivity contribution in [2.45, 2.75) is 52.5 Å². The normalized spacial score (nSPS) is 16.7. The molecule has 176 valence electrons. The minimum atomic E-state index is 0. The molecule has 1 amide bonds. The van der Waals surface area contributed by atoms with Crippen molar-refractivity contribution in [2.75, 3.05) is 46.3 Å². The Morgan fingerprint density at radius 3 is 2.65 bits per heavy atom.